The number of hydrogen-bond acceptors (Lipinski definition) is 3. The summed E-state index contributed by atoms with van der Waals surface area (Å²) in [7, 11) is 0. The molecule has 0 saturated heterocycles. The Morgan fingerprint density at radius 3 is 3.10 bits per heavy atom. The van der Waals surface area contributed by atoms with Crippen LogP contribution in [0.2, 0.25) is 5.02 Å². The molecule has 2 heterocycles. The number of nitrogens with zero attached hydrogens (tertiary/aromatic N) is 2. The molecule has 1 aliphatic carbocycles. The molecule has 2 aromatic rings. The molecule has 0 amide bonds. The van der Waals surface area contributed by atoms with E-state index in [1.807, 2.05) is 24.5 Å². The van der Waals surface area contributed by atoms with Gasteiger partial charge >= 0.3 is 0 Å². The quantitative estimate of drug-likeness (QED) is 0.930. The van der Waals surface area contributed by atoms with Gasteiger partial charge in [0, 0.05) is 36.2 Å². The fraction of sp³-hybridized carbons (Fsp3) is 0.412. The van der Waals surface area contributed by atoms with Crippen molar-refractivity contribution in [2.75, 3.05) is 6.54 Å². The van der Waals surface area contributed by atoms with Gasteiger partial charge in [-0.1, -0.05) is 24.6 Å². The average molecular weight is 302 g/mol. The van der Waals surface area contributed by atoms with E-state index in [0.29, 0.717) is 5.92 Å². The fourth-order valence-corrected chi connectivity index (χ4v) is 3.53. The van der Waals surface area contributed by atoms with Gasteiger partial charge in [-0.2, -0.15) is 0 Å². The fourth-order valence-electron chi connectivity index (χ4n) is 3.30. The normalized spacial score (nSPS) is 19.0. The maximum atomic E-state index is 6.38. The van der Waals surface area contributed by atoms with Crippen molar-refractivity contribution < 1.29 is 0 Å². The molecule has 0 bridgehead atoms. The summed E-state index contributed by atoms with van der Waals surface area (Å²) in [6.07, 6.45) is 8.91. The van der Waals surface area contributed by atoms with E-state index >= 15 is 0 Å². The molecule has 0 aliphatic heterocycles. The number of aryl methyl sites for hydroxylation is 1. The van der Waals surface area contributed by atoms with Gasteiger partial charge in [-0.3, -0.25) is 9.97 Å². The molecular formula is C17H20ClN3. The average Bonchev–Trinajstić information content (AvgIpc) is 2.53. The Labute approximate surface area is 130 Å². The van der Waals surface area contributed by atoms with E-state index < -0.39 is 0 Å². The topological polar surface area (TPSA) is 37.8 Å². The summed E-state index contributed by atoms with van der Waals surface area (Å²) in [4.78, 5) is 8.76. The largest absolute Gasteiger partial charge is 0.310 e. The van der Waals surface area contributed by atoms with Gasteiger partial charge in [0.05, 0.1) is 5.02 Å². The van der Waals surface area contributed by atoms with Gasteiger partial charge in [0.15, 0.2) is 0 Å². The Kier molecular flexibility index (Phi) is 4.51. The van der Waals surface area contributed by atoms with Gasteiger partial charge in [-0.05, 0) is 49.1 Å². The molecule has 3 rings (SSSR count). The minimum atomic E-state index is 0.194. The van der Waals surface area contributed by atoms with E-state index in [1.54, 1.807) is 6.20 Å². The lowest BCUT2D eigenvalue weighted by molar-refractivity contribution is 0.400. The van der Waals surface area contributed by atoms with Crippen molar-refractivity contribution in [3.63, 3.8) is 0 Å². The number of nitrogens with one attached hydrogen (secondary N) is 1. The standard InChI is InChI=1S/C17H20ClN3/c1-2-20-17(13-8-10-19-11-15(13)18)14-7-3-5-12-6-4-9-21-16(12)14/h4,6,8-11,14,17,20H,2-3,5,7H2,1H3. The lowest BCUT2D eigenvalue weighted by Crippen LogP contribution is -2.30. The zero-order valence-corrected chi connectivity index (χ0v) is 13.0. The second kappa shape index (κ2) is 6.54. The second-order valence-corrected chi connectivity index (χ2v) is 5.89. The first-order valence-corrected chi connectivity index (χ1v) is 7.95. The molecule has 0 radical (unpaired) electrons. The number of rotatable bonds is 4. The van der Waals surface area contributed by atoms with E-state index in [0.717, 1.165) is 30.0 Å². The number of aromatic nitrogens is 2. The van der Waals surface area contributed by atoms with Crippen LogP contribution in [0.25, 0.3) is 0 Å². The molecule has 0 fully saturated rings. The van der Waals surface area contributed by atoms with Gasteiger partial charge in [-0.15, -0.1) is 0 Å². The van der Waals surface area contributed by atoms with Gasteiger partial charge < -0.3 is 5.32 Å². The molecule has 2 atom stereocenters. The Bertz CT molecular complexity index is 614. The Hall–Kier alpha value is -1.45. The highest BCUT2D eigenvalue weighted by Gasteiger charge is 2.30. The van der Waals surface area contributed by atoms with Crippen LogP contribution in [0.15, 0.2) is 36.8 Å². The third kappa shape index (κ3) is 2.94. The van der Waals surface area contributed by atoms with Crippen LogP contribution in [-0.4, -0.2) is 16.5 Å². The first-order valence-electron chi connectivity index (χ1n) is 7.58. The number of likely N-dealkylation sites (N-methyl/N-ethyl adjacent to an activating group) is 1. The van der Waals surface area contributed by atoms with Crippen LogP contribution in [-0.2, 0) is 6.42 Å². The van der Waals surface area contributed by atoms with Crippen LogP contribution in [0.5, 0.6) is 0 Å². The van der Waals surface area contributed by atoms with Crippen molar-refractivity contribution in [3.05, 3.63) is 58.6 Å². The van der Waals surface area contributed by atoms with Crippen molar-refractivity contribution in [3.8, 4) is 0 Å². The highest BCUT2D eigenvalue weighted by atomic mass is 35.5. The van der Waals surface area contributed by atoms with Crippen molar-refractivity contribution in [2.45, 2.75) is 38.1 Å². The summed E-state index contributed by atoms with van der Waals surface area (Å²) in [5, 5.41) is 4.33. The summed E-state index contributed by atoms with van der Waals surface area (Å²) in [6, 6.07) is 6.45. The Morgan fingerprint density at radius 1 is 1.38 bits per heavy atom. The van der Waals surface area contributed by atoms with Crippen LogP contribution >= 0.6 is 11.6 Å². The molecule has 110 valence electrons. The zero-order valence-electron chi connectivity index (χ0n) is 12.2. The van der Waals surface area contributed by atoms with Crippen LogP contribution in [0.3, 0.4) is 0 Å². The van der Waals surface area contributed by atoms with Gasteiger partial charge in [-0.25, -0.2) is 0 Å². The van der Waals surface area contributed by atoms with Crippen LogP contribution in [0.4, 0.5) is 0 Å². The summed E-state index contributed by atoms with van der Waals surface area (Å²) < 4.78 is 0. The monoisotopic (exact) mass is 301 g/mol. The number of halogens is 1. The molecule has 21 heavy (non-hydrogen) atoms. The lowest BCUT2D eigenvalue weighted by Gasteiger charge is -2.32. The predicted octanol–water partition coefficient (Wildman–Crippen LogP) is 3.90. The summed E-state index contributed by atoms with van der Waals surface area (Å²) in [5.41, 5.74) is 3.72. The Morgan fingerprint density at radius 2 is 2.29 bits per heavy atom. The number of fused-ring (bicyclic) bond motifs is 1. The SMILES string of the molecule is CCNC(c1ccncc1Cl)C1CCCc2cccnc21. The minimum Gasteiger partial charge on any atom is -0.310 e. The lowest BCUT2D eigenvalue weighted by atomic mass is 9.79. The van der Waals surface area contributed by atoms with E-state index in [2.05, 4.69) is 28.3 Å². The van der Waals surface area contributed by atoms with Gasteiger partial charge in [0.1, 0.15) is 0 Å². The first-order chi connectivity index (χ1) is 10.3. The van der Waals surface area contributed by atoms with Crippen molar-refractivity contribution in [1.82, 2.24) is 15.3 Å². The van der Waals surface area contributed by atoms with Gasteiger partial charge in [0.2, 0.25) is 0 Å². The highest BCUT2D eigenvalue weighted by molar-refractivity contribution is 6.31. The molecule has 0 saturated carbocycles. The van der Waals surface area contributed by atoms with Crippen LogP contribution in [0, 0.1) is 0 Å². The minimum absolute atomic E-state index is 0.194. The van der Waals surface area contributed by atoms with Gasteiger partial charge in [0.25, 0.3) is 0 Å². The summed E-state index contributed by atoms with van der Waals surface area (Å²) in [6.45, 7) is 3.03. The molecule has 3 nitrogen and oxygen atoms in total. The van der Waals surface area contributed by atoms with Crippen LogP contribution < -0.4 is 5.32 Å². The van der Waals surface area contributed by atoms with Crippen molar-refractivity contribution >= 4 is 11.6 Å². The van der Waals surface area contributed by atoms with E-state index in [1.165, 1.54) is 17.7 Å². The predicted molar refractivity (Wildman–Crippen MR) is 85.6 cm³/mol. The van der Waals surface area contributed by atoms with Crippen molar-refractivity contribution in [1.29, 1.82) is 0 Å². The molecule has 4 heteroatoms. The Balaban J connectivity index is 2.01. The molecule has 0 aromatic carbocycles. The molecule has 0 spiro atoms. The number of hydrogen-bond donors (Lipinski definition) is 1. The maximum absolute atomic E-state index is 6.38. The highest BCUT2D eigenvalue weighted by Crippen LogP contribution is 2.40. The number of pyridine rings is 2. The third-order valence-electron chi connectivity index (χ3n) is 4.20. The summed E-state index contributed by atoms with van der Waals surface area (Å²) >= 11 is 6.38. The molecule has 2 unspecified atom stereocenters. The second-order valence-electron chi connectivity index (χ2n) is 5.48. The van der Waals surface area contributed by atoms with Crippen molar-refractivity contribution in [2.24, 2.45) is 0 Å². The zero-order chi connectivity index (χ0) is 14.7. The maximum Gasteiger partial charge on any atom is 0.0637 e. The van der Waals surface area contributed by atoms with Crippen LogP contribution in [0.1, 0.15) is 48.5 Å². The smallest absolute Gasteiger partial charge is 0.0637 e. The molecular weight excluding hydrogens is 282 g/mol. The summed E-state index contributed by atoms with van der Waals surface area (Å²) in [5.74, 6) is 0.370. The molecule has 2 aromatic heterocycles. The van der Waals surface area contributed by atoms with E-state index in [-0.39, 0.29) is 6.04 Å². The van der Waals surface area contributed by atoms with E-state index in [4.69, 9.17) is 11.6 Å². The molecule has 1 aliphatic rings. The van der Waals surface area contributed by atoms with E-state index in [9.17, 15) is 0 Å². The molecule has 1 N–H and O–H groups in total. The first kappa shape index (κ1) is 14.5. The third-order valence-corrected chi connectivity index (χ3v) is 4.52.